The number of unbranched alkanes of at least 4 members (excludes halogenated alkanes) is 2. The normalized spacial score (nSPS) is 10.9. The highest BCUT2D eigenvalue weighted by Gasteiger charge is 2.16. The van der Waals surface area contributed by atoms with Crippen LogP contribution in [0.1, 0.15) is 40.0 Å². The summed E-state index contributed by atoms with van der Waals surface area (Å²) in [5.74, 6) is 0. The molecule has 0 aromatic carbocycles. The number of hydrogen-bond acceptors (Lipinski definition) is 3. The molecule has 0 unspecified atom stereocenters. The lowest BCUT2D eigenvalue weighted by atomic mass is 10.2. The maximum absolute atomic E-state index is 12.3. The summed E-state index contributed by atoms with van der Waals surface area (Å²) in [7, 11) is 1.66. The van der Waals surface area contributed by atoms with Gasteiger partial charge in [-0.2, -0.15) is 5.10 Å². The smallest absolute Gasteiger partial charge is 0.322 e. The maximum Gasteiger partial charge on any atom is 0.322 e. The molecule has 1 heterocycles. The van der Waals surface area contributed by atoms with E-state index in [-0.39, 0.29) is 12.1 Å². The number of carbonyl (C=O) groups is 1. The van der Waals surface area contributed by atoms with Crippen molar-refractivity contribution in [2.75, 3.05) is 25.6 Å². The van der Waals surface area contributed by atoms with E-state index in [9.17, 15) is 4.79 Å². The van der Waals surface area contributed by atoms with Crippen LogP contribution in [-0.2, 0) is 11.3 Å². The maximum atomic E-state index is 12.3. The van der Waals surface area contributed by atoms with Gasteiger partial charge in [0.2, 0.25) is 0 Å². The summed E-state index contributed by atoms with van der Waals surface area (Å²) < 4.78 is 6.76. The topological polar surface area (TPSA) is 59.4 Å². The molecule has 0 fully saturated rings. The van der Waals surface area contributed by atoms with E-state index in [4.69, 9.17) is 4.74 Å². The van der Waals surface area contributed by atoms with Gasteiger partial charge < -0.3 is 15.0 Å². The van der Waals surface area contributed by atoms with Gasteiger partial charge in [-0.05, 0) is 20.3 Å². The average Bonchev–Trinajstić information content (AvgIpc) is 2.88. The minimum atomic E-state index is -0.0626. The molecule has 6 heteroatoms. The zero-order valence-corrected chi connectivity index (χ0v) is 13.6. The van der Waals surface area contributed by atoms with E-state index in [0.29, 0.717) is 13.2 Å². The molecule has 21 heavy (non-hydrogen) atoms. The van der Waals surface area contributed by atoms with Gasteiger partial charge in [-0.1, -0.05) is 19.8 Å². The summed E-state index contributed by atoms with van der Waals surface area (Å²) in [5.41, 5.74) is 0.720. The number of rotatable bonds is 9. The third-order valence-electron chi connectivity index (χ3n) is 3.30. The predicted octanol–water partition coefficient (Wildman–Crippen LogP) is 2.96. The van der Waals surface area contributed by atoms with Crippen molar-refractivity contribution < 1.29 is 9.53 Å². The van der Waals surface area contributed by atoms with Crippen molar-refractivity contribution in [1.82, 2.24) is 14.7 Å². The molecule has 6 nitrogen and oxygen atoms in total. The number of anilines is 1. The second-order valence-electron chi connectivity index (χ2n) is 5.41. The first kappa shape index (κ1) is 17.5. The van der Waals surface area contributed by atoms with E-state index < -0.39 is 0 Å². The third-order valence-corrected chi connectivity index (χ3v) is 3.30. The van der Waals surface area contributed by atoms with Crippen molar-refractivity contribution in [3.63, 3.8) is 0 Å². The number of nitrogens with one attached hydrogen (secondary N) is 1. The molecule has 1 aromatic heterocycles. The zero-order chi connectivity index (χ0) is 15.7. The summed E-state index contributed by atoms with van der Waals surface area (Å²) in [6.07, 6.45) is 6.82. The standard InChI is InChI=1S/C15H28N4O2/c1-5-6-7-8-19(13(2)3)15(20)17-14-11-16-18(12-14)9-10-21-4/h11-13H,5-10H2,1-4H3,(H,17,20). The van der Waals surface area contributed by atoms with Crippen molar-refractivity contribution in [2.45, 2.75) is 52.6 Å². The van der Waals surface area contributed by atoms with Crippen LogP contribution in [0.5, 0.6) is 0 Å². The van der Waals surface area contributed by atoms with Crippen molar-refractivity contribution in [3.8, 4) is 0 Å². The summed E-state index contributed by atoms with van der Waals surface area (Å²) >= 11 is 0. The molecular formula is C15H28N4O2. The fourth-order valence-electron chi connectivity index (χ4n) is 2.06. The number of nitrogens with zero attached hydrogens (tertiary/aromatic N) is 3. The van der Waals surface area contributed by atoms with Gasteiger partial charge in [-0.25, -0.2) is 4.79 Å². The molecule has 0 aliphatic heterocycles. The van der Waals surface area contributed by atoms with Gasteiger partial charge in [0.05, 0.1) is 25.0 Å². The molecule has 1 N–H and O–H groups in total. The van der Waals surface area contributed by atoms with Crippen LogP contribution in [0, 0.1) is 0 Å². The van der Waals surface area contributed by atoms with E-state index in [1.807, 2.05) is 24.9 Å². The summed E-state index contributed by atoms with van der Waals surface area (Å²) in [4.78, 5) is 14.2. The Hall–Kier alpha value is -1.56. The third kappa shape index (κ3) is 6.16. The Kier molecular flexibility index (Phi) is 7.82. The number of amides is 2. The van der Waals surface area contributed by atoms with E-state index in [1.54, 1.807) is 18.0 Å². The van der Waals surface area contributed by atoms with E-state index in [0.717, 1.165) is 31.5 Å². The second kappa shape index (κ2) is 9.39. The lowest BCUT2D eigenvalue weighted by Crippen LogP contribution is -2.40. The lowest BCUT2D eigenvalue weighted by Gasteiger charge is -2.26. The van der Waals surface area contributed by atoms with Crippen LogP contribution in [0.2, 0.25) is 0 Å². The van der Waals surface area contributed by atoms with Gasteiger partial charge in [0, 0.05) is 25.9 Å². The Bertz CT molecular complexity index is 418. The molecule has 0 aliphatic carbocycles. The molecule has 0 aliphatic rings. The zero-order valence-electron chi connectivity index (χ0n) is 13.6. The Morgan fingerprint density at radius 2 is 2.24 bits per heavy atom. The molecule has 0 saturated heterocycles. The molecule has 1 rings (SSSR count). The number of carbonyl (C=O) groups excluding carboxylic acids is 1. The SMILES string of the molecule is CCCCCN(C(=O)Nc1cnn(CCOC)c1)C(C)C. The average molecular weight is 296 g/mol. The highest BCUT2D eigenvalue weighted by Crippen LogP contribution is 2.10. The van der Waals surface area contributed by atoms with Crippen molar-refractivity contribution >= 4 is 11.7 Å². The highest BCUT2D eigenvalue weighted by atomic mass is 16.5. The molecule has 0 atom stereocenters. The van der Waals surface area contributed by atoms with Crippen molar-refractivity contribution in [3.05, 3.63) is 12.4 Å². The lowest BCUT2D eigenvalue weighted by molar-refractivity contribution is 0.183. The molecule has 0 saturated carbocycles. The minimum Gasteiger partial charge on any atom is -0.383 e. The first-order valence-electron chi connectivity index (χ1n) is 7.67. The van der Waals surface area contributed by atoms with Gasteiger partial charge in [0.15, 0.2) is 0 Å². The van der Waals surface area contributed by atoms with Crippen LogP contribution in [0.4, 0.5) is 10.5 Å². The first-order chi connectivity index (χ1) is 10.1. The Balaban J connectivity index is 2.53. The largest absolute Gasteiger partial charge is 0.383 e. The van der Waals surface area contributed by atoms with Gasteiger partial charge >= 0.3 is 6.03 Å². The number of methoxy groups -OCH3 is 1. The Labute approximate surface area is 127 Å². The van der Waals surface area contributed by atoms with Crippen LogP contribution in [-0.4, -0.2) is 47.0 Å². The molecular weight excluding hydrogens is 268 g/mol. The van der Waals surface area contributed by atoms with Crippen molar-refractivity contribution in [2.24, 2.45) is 0 Å². The first-order valence-corrected chi connectivity index (χ1v) is 7.67. The number of urea groups is 1. The summed E-state index contributed by atoms with van der Waals surface area (Å²) in [6.45, 7) is 8.30. The fourth-order valence-corrected chi connectivity index (χ4v) is 2.06. The summed E-state index contributed by atoms with van der Waals surface area (Å²) in [5, 5.41) is 7.10. The highest BCUT2D eigenvalue weighted by molar-refractivity contribution is 5.89. The molecule has 0 radical (unpaired) electrons. The monoisotopic (exact) mass is 296 g/mol. The molecule has 0 bridgehead atoms. The number of aromatic nitrogens is 2. The van der Waals surface area contributed by atoms with E-state index in [2.05, 4.69) is 17.3 Å². The van der Waals surface area contributed by atoms with Crippen LogP contribution in [0.25, 0.3) is 0 Å². The van der Waals surface area contributed by atoms with Gasteiger partial charge in [0.25, 0.3) is 0 Å². The van der Waals surface area contributed by atoms with Gasteiger partial charge in [-0.3, -0.25) is 4.68 Å². The quantitative estimate of drug-likeness (QED) is 0.713. The molecule has 1 aromatic rings. The van der Waals surface area contributed by atoms with Gasteiger partial charge in [0.1, 0.15) is 0 Å². The molecule has 2 amide bonds. The Morgan fingerprint density at radius 1 is 1.48 bits per heavy atom. The molecule has 0 spiro atoms. The Morgan fingerprint density at radius 3 is 2.86 bits per heavy atom. The number of ether oxygens (including phenoxy) is 1. The fraction of sp³-hybridized carbons (Fsp3) is 0.733. The minimum absolute atomic E-state index is 0.0626. The molecule has 120 valence electrons. The van der Waals surface area contributed by atoms with Gasteiger partial charge in [-0.15, -0.1) is 0 Å². The van der Waals surface area contributed by atoms with Crippen LogP contribution < -0.4 is 5.32 Å². The second-order valence-corrected chi connectivity index (χ2v) is 5.41. The summed E-state index contributed by atoms with van der Waals surface area (Å²) in [6, 6.07) is 0.123. The number of hydrogen-bond donors (Lipinski definition) is 1. The van der Waals surface area contributed by atoms with Crippen LogP contribution in [0.3, 0.4) is 0 Å². The van der Waals surface area contributed by atoms with Crippen LogP contribution in [0.15, 0.2) is 12.4 Å². The predicted molar refractivity (Wildman–Crippen MR) is 84.5 cm³/mol. The van der Waals surface area contributed by atoms with Crippen molar-refractivity contribution in [1.29, 1.82) is 0 Å². The van der Waals surface area contributed by atoms with E-state index >= 15 is 0 Å². The van der Waals surface area contributed by atoms with Crippen LogP contribution >= 0.6 is 0 Å². The van der Waals surface area contributed by atoms with E-state index in [1.165, 1.54) is 0 Å².